The van der Waals surface area contributed by atoms with E-state index in [-0.39, 0.29) is 10.1 Å². The van der Waals surface area contributed by atoms with E-state index in [2.05, 4.69) is 5.43 Å². The lowest BCUT2D eigenvalue weighted by molar-refractivity contribution is -0.123. The fourth-order valence-corrected chi connectivity index (χ4v) is 3.92. The molecule has 2 aromatic carbocycles. The molecule has 0 spiro atoms. The average molecular weight is 410 g/mol. The molecule has 2 amide bonds. The molecule has 0 unspecified atom stereocenters. The second-order valence-corrected chi connectivity index (χ2v) is 7.73. The van der Waals surface area contributed by atoms with Gasteiger partial charge in [0.15, 0.2) is 4.32 Å². The Bertz CT molecular complexity index is 1040. The van der Waals surface area contributed by atoms with Gasteiger partial charge in [0.1, 0.15) is 18.1 Å². The standard InChI is InChI=1S/C20H14N2O4S2/c23-15-7-5-13(6-8-15)18(24)21-22-19(25)17(28-20(22)27)10-12-9-14-3-1-2-4-16(14)26-11-12/h1-10,23H,11H2,(H,21,24)/b17-10+. The molecule has 0 aromatic heterocycles. The lowest BCUT2D eigenvalue weighted by Crippen LogP contribution is -2.44. The number of para-hydroxylation sites is 1. The van der Waals surface area contributed by atoms with Crippen molar-refractivity contribution in [2.45, 2.75) is 0 Å². The highest BCUT2D eigenvalue weighted by atomic mass is 32.2. The number of amides is 2. The summed E-state index contributed by atoms with van der Waals surface area (Å²) in [7, 11) is 0. The van der Waals surface area contributed by atoms with Crippen LogP contribution in [0.15, 0.2) is 65.1 Å². The molecule has 4 rings (SSSR count). The van der Waals surface area contributed by atoms with Crippen molar-refractivity contribution < 1.29 is 19.4 Å². The van der Waals surface area contributed by atoms with Gasteiger partial charge in [0.2, 0.25) is 0 Å². The van der Waals surface area contributed by atoms with Crippen LogP contribution < -0.4 is 10.2 Å². The molecule has 2 heterocycles. The first kappa shape index (κ1) is 18.3. The van der Waals surface area contributed by atoms with Crippen molar-refractivity contribution in [3.05, 3.63) is 76.2 Å². The first-order valence-corrected chi connectivity index (χ1v) is 9.54. The van der Waals surface area contributed by atoms with Gasteiger partial charge in [0.05, 0.1) is 4.91 Å². The third-order valence-electron chi connectivity index (χ3n) is 4.11. The molecule has 2 aromatic rings. The van der Waals surface area contributed by atoms with Gasteiger partial charge in [-0.2, -0.15) is 5.01 Å². The van der Waals surface area contributed by atoms with Gasteiger partial charge < -0.3 is 9.84 Å². The van der Waals surface area contributed by atoms with Gasteiger partial charge in [-0.05, 0) is 60.3 Å². The lowest BCUT2D eigenvalue weighted by atomic mass is 10.1. The molecule has 1 saturated heterocycles. The minimum absolute atomic E-state index is 0.0506. The summed E-state index contributed by atoms with van der Waals surface area (Å²) in [6.07, 6.45) is 3.68. The molecule has 0 saturated carbocycles. The van der Waals surface area contributed by atoms with E-state index < -0.39 is 11.8 Å². The summed E-state index contributed by atoms with van der Waals surface area (Å²) in [5.41, 5.74) is 4.59. The second kappa shape index (κ2) is 7.49. The van der Waals surface area contributed by atoms with E-state index in [4.69, 9.17) is 17.0 Å². The average Bonchev–Trinajstić information content (AvgIpc) is 2.95. The van der Waals surface area contributed by atoms with E-state index in [1.165, 1.54) is 24.3 Å². The van der Waals surface area contributed by atoms with Crippen LogP contribution in [0, 0.1) is 0 Å². The van der Waals surface area contributed by atoms with Crippen molar-refractivity contribution in [3.63, 3.8) is 0 Å². The van der Waals surface area contributed by atoms with Crippen LogP contribution in [0.25, 0.3) is 6.08 Å². The molecule has 0 bridgehead atoms. The van der Waals surface area contributed by atoms with Crippen molar-refractivity contribution in [3.8, 4) is 11.5 Å². The third-order valence-corrected chi connectivity index (χ3v) is 5.41. The Labute approximate surface area is 170 Å². The van der Waals surface area contributed by atoms with Gasteiger partial charge in [-0.25, -0.2) is 0 Å². The van der Waals surface area contributed by atoms with Crippen LogP contribution >= 0.6 is 24.0 Å². The topological polar surface area (TPSA) is 78.9 Å². The van der Waals surface area contributed by atoms with Gasteiger partial charge in [-0.15, -0.1) is 0 Å². The van der Waals surface area contributed by atoms with Crippen molar-refractivity contribution in [1.29, 1.82) is 0 Å². The summed E-state index contributed by atoms with van der Waals surface area (Å²) in [6.45, 7) is 0.348. The van der Waals surface area contributed by atoms with Gasteiger partial charge >= 0.3 is 0 Å². The molecule has 2 aliphatic rings. The summed E-state index contributed by atoms with van der Waals surface area (Å²) in [5.74, 6) is -0.0448. The Kier molecular flexibility index (Phi) is 4.89. The fraction of sp³-hybridized carbons (Fsp3) is 0.0500. The molecule has 1 fully saturated rings. The monoisotopic (exact) mass is 410 g/mol. The zero-order valence-corrected chi connectivity index (χ0v) is 16.0. The number of hydrogen-bond donors (Lipinski definition) is 2. The molecule has 28 heavy (non-hydrogen) atoms. The van der Waals surface area contributed by atoms with Crippen LogP contribution in [0.2, 0.25) is 0 Å². The maximum absolute atomic E-state index is 12.7. The van der Waals surface area contributed by atoms with Gasteiger partial charge in [0, 0.05) is 11.1 Å². The van der Waals surface area contributed by atoms with Crippen LogP contribution in [-0.2, 0) is 4.79 Å². The Balaban J connectivity index is 1.51. The first-order chi connectivity index (χ1) is 13.5. The Hall–Kier alpha value is -3.10. The minimum atomic E-state index is -0.494. The second-order valence-electron chi connectivity index (χ2n) is 6.05. The van der Waals surface area contributed by atoms with Crippen molar-refractivity contribution >= 4 is 46.2 Å². The minimum Gasteiger partial charge on any atom is -0.508 e. The zero-order chi connectivity index (χ0) is 19.7. The number of phenolic OH excluding ortho intramolecular Hbond substituents is 1. The predicted octanol–water partition coefficient (Wildman–Crippen LogP) is 3.26. The van der Waals surface area contributed by atoms with Gasteiger partial charge in [0.25, 0.3) is 11.8 Å². The van der Waals surface area contributed by atoms with E-state index in [1.807, 2.05) is 30.3 Å². The molecule has 2 aliphatic heterocycles. The van der Waals surface area contributed by atoms with Crippen LogP contribution in [-0.4, -0.2) is 32.9 Å². The maximum Gasteiger partial charge on any atom is 0.285 e. The number of rotatable bonds is 3. The van der Waals surface area contributed by atoms with E-state index in [1.54, 1.807) is 6.08 Å². The molecule has 0 radical (unpaired) electrons. The highest BCUT2D eigenvalue weighted by Gasteiger charge is 2.34. The number of fused-ring (bicyclic) bond motifs is 1. The molecular formula is C20H14N2O4S2. The Morgan fingerprint density at radius 1 is 1.21 bits per heavy atom. The Morgan fingerprint density at radius 2 is 1.96 bits per heavy atom. The molecule has 140 valence electrons. The maximum atomic E-state index is 12.7. The summed E-state index contributed by atoms with van der Waals surface area (Å²) in [5, 5.41) is 10.4. The highest BCUT2D eigenvalue weighted by Crippen LogP contribution is 2.33. The van der Waals surface area contributed by atoms with Crippen LogP contribution in [0.4, 0.5) is 0 Å². The van der Waals surface area contributed by atoms with E-state index >= 15 is 0 Å². The number of thioether (sulfide) groups is 1. The van der Waals surface area contributed by atoms with Crippen molar-refractivity contribution in [2.24, 2.45) is 0 Å². The summed E-state index contributed by atoms with van der Waals surface area (Å²) in [6, 6.07) is 13.4. The number of aromatic hydroxyl groups is 1. The number of hydrazine groups is 1. The molecular weight excluding hydrogens is 396 g/mol. The van der Waals surface area contributed by atoms with Gasteiger partial charge in [-0.1, -0.05) is 30.0 Å². The molecule has 0 aliphatic carbocycles. The Morgan fingerprint density at radius 3 is 2.75 bits per heavy atom. The van der Waals surface area contributed by atoms with E-state index in [0.717, 1.165) is 33.7 Å². The largest absolute Gasteiger partial charge is 0.508 e. The summed E-state index contributed by atoms with van der Waals surface area (Å²) < 4.78 is 5.93. The lowest BCUT2D eigenvalue weighted by Gasteiger charge is -2.16. The first-order valence-electron chi connectivity index (χ1n) is 8.31. The SMILES string of the molecule is O=C(NN1C(=O)/C(=C\C2=Cc3ccccc3OC2)SC1=S)c1ccc(O)cc1. The number of carbonyl (C=O) groups is 2. The number of phenols is 1. The predicted molar refractivity (Wildman–Crippen MR) is 111 cm³/mol. The number of benzene rings is 2. The highest BCUT2D eigenvalue weighted by molar-refractivity contribution is 8.26. The smallest absolute Gasteiger partial charge is 0.285 e. The third kappa shape index (κ3) is 3.64. The van der Waals surface area contributed by atoms with Crippen LogP contribution in [0.1, 0.15) is 15.9 Å². The normalized spacial score (nSPS) is 17.2. The number of thiocarbonyl (C=S) groups is 1. The van der Waals surface area contributed by atoms with Crippen LogP contribution in [0.5, 0.6) is 11.5 Å². The molecule has 2 N–H and O–H groups in total. The van der Waals surface area contributed by atoms with E-state index in [0.29, 0.717) is 17.1 Å². The van der Waals surface area contributed by atoms with Crippen molar-refractivity contribution in [1.82, 2.24) is 10.4 Å². The summed E-state index contributed by atoms with van der Waals surface area (Å²) in [4.78, 5) is 25.4. The fourth-order valence-electron chi connectivity index (χ4n) is 2.73. The number of carbonyl (C=O) groups excluding carboxylic acids is 2. The summed E-state index contributed by atoms with van der Waals surface area (Å²) >= 11 is 6.35. The number of nitrogens with zero attached hydrogens (tertiary/aromatic N) is 1. The molecule has 8 heteroatoms. The zero-order valence-electron chi connectivity index (χ0n) is 14.4. The number of ether oxygens (including phenoxy) is 1. The van der Waals surface area contributed by atoms with Crippen molar-refractivity contribution in [2.75, 3.05) is 6.61 Å². The number of hydrogen-bond acceptors (Lipinski definition) is 6. The molecule has 6 nitrogen and oxygen atoms in total. The number of nitrogens with one attached hydrogen (secondary N) is 1. The quantitative estimate of drug-likeness (QED) is 0.597. The van der Waals surface area contributed by atoms with Crippen LogP contribution in [0.3, 0.4) is 0 Å². The molecule has 0 atom stereocenters. The van der Waals surface area contributed by atoms with E-state index in [9.17, 15) is 14.7 Å². The van der Waals surface area contributed by atoms with Gasteiger partial charge in [-0.3, -0.25) is 15.0 Å².